The first-order valence-corrected chi connectivity index (χ1v) is 9.48. The van der Waals surface area contributed by atoms with Crippen molar-refractivity contribution < 1.29 is 9.59 Å². The second kappa shape index (κ2) is 6.45. The summed E-state index contributed by atoms with van der Waals surface area (Å²) in [6.07, 6.45) is 4.91. The number of nitrogens with two attached hydrogens (primary N) is 1. The van der Waals surface area contributed by atoms with Gasteiger partial charge in [-0.25, -0.2) is 0 Å². The monoisotopic (exact) mass is 341 g/mol. The average molecular weight is 341 g/mol. The van der Waals surface area contributed by atoms with Gasteiger partial charge in [-0.3, -0.25) is 9.59 Å². The third kappa shape index (κ3) is 3.30. The minimum atomic E-state index is -0.579. The van der Waals surface area contributed by atoms with Crippen LogP contribution in [0, 0.1) is 5.92 Å². The molecule has 3 aliphatic rings. The summed E-state index contributed by atoms with van der Waals surface area (Å²) in [4.78, 5) is 29.1. The summed E-state index contributed by atoms with van der Waals surface area (Å²) in [5, 5.41) is 0. The zero-order valence-corrected chi connectivity index (χ0v) is 14.7. The van der Waals surface area contributed by atoms with Gasteiger partial charge in [-0.1, -0.05) is 30.3 Å². The lowest BCUT2D eigenvalue weighted by molar-refractivity contribution is -0.145. The quantitative estimate of drug-likeness (QED) is 0.904. The molecule has 0 spiro atoms. The molecule has 0 aromatic heterocycles. The number of likely N-dealkylation sites (tertiary alicyclic amines) is 2. The lowest BCUT2D eigenvalue weighted by Crippen LogP contribution is -2.59. The highest BCUT2D eigenvalue weighted by atomic mass is 16.2. The Balaban J connectivity index is 1.40. The van der Waals surface area contributed by atoms with E-state index in [1.54, 1.807) is 0 Å². The maximum absolute atomic E-state index is 12.5. The van der Waals surface area contributed by atoms with Crippen molar-refractivity contribution in [1.29, 1.82) is 0 Å². The molecule has 1 aliphatic carbocycles. The molecule has 5 nitrogen and oxygen atoms in total. The molecule has 0 unspecified atom stereocenters. The predicted octanol–water partition coefficient (Wildman–Crippen LogP) is 1.56. The molecule has 1 saturated carbocycles. The first-order chi connectivity index (χ1) is 12.1. The van der Waals surface area contributed by atoms with Crippen LogP contribution in [0.5, 0.6) is 0 Å². The smallest absolute Gasteiger partial charge is 0.242 e. The summed E-state index contributed by atoms with van der Waals surface area (Å²) in [6.45, 7) is 2.27. The van der Waals surface area contributed by atoms with Crippen LogP contribution in [0.1, 0.15) is 37.7 Å². The summed E-state index contributed by atoms with van der Waals surface area (Å²) >= 11 is 0. The third-order valence-electron chi connectivity index (χ3n) is 6.13. The molecule has 1 aromatic rings. The summed E-state index contributed by atoms with van der Waals surface area (Å²) in [5.41, 5.74) is 6.78. The molecule has 5 heteroatoms. The molecule has 2 N–H and O–H groups in total. The van der Waals surface area contributed by atoms with Crippen molar-refractivity contribution in [3.05, 3.63) is 35.9 Å². The zero-order valence-electron chi connectivity index (χ0n) is 14.7. The van der Waals surface area contributed by atoms with E-state index in [-0.39, 0.29) is 17.9 Å². The Hall–Kier alpha value is -1.88. The third-order valence-corrected chi connectivity index (χ3v) is 6.13. The molecule has 2 saturated heterocycles. The maximum Gasteiger partial charge on any atom is 0.242 e. The van der Waals surface area contributed by atoms with E-state index in [1.807, 2.05) is 23.1 Å². The van der Waals surface area contributed by atoms with E-state index in [2.05, 4.69) is 17.0 Å². The Kier molecular flexibility index (Phi) is 4.28. The molecule has 2 heterocycles. The van der Waals surface area contributed by atoms with Crippen LogP contribution in [0.4, 0.5) is 0 Å². The molecule has 2 atom stereocenters. The van der Waals surface area contributed by atoms with E-state index in [0.29, 0.717) is 12.3 Å². The van der Waals surface area contributed by atoms with Crippen molar-refractivity contribution in [2.75, 3.05) is 19.6 Å². The zero-order chi connectivity index (χ0) is 17.4. The number of hydrogen-bond acceptors (Lipinski definition) is 3. The van der Waals surface area contributed by atoms with Crippen molar-refractivity contribution in [1.82, 2.24) is 9.80 Å². The van der Waals surface area contributed by atoms with Gasteiger partial charge in [0.2, 0.25) is 11.8 Å². The standard InChI is InChI=1S/C20H27N3O2/c21-20(10-11-20)19(25)22-12-9-17-16(14-22)6-7-18(24)23(17)13-8-15-4-2-1-3-5-15/h1-5,16-17H,6-14,21H2/t16-,17+/m0/s1. The fourth-order valence-corrected chi connectivity index (χ4v) is 4.38. The van der Waals surface area contributed by atoms with Crippen LogP contribution in [0.15, 0.2) is 30.3 Å². The molecule has 1 aromatic carbocycles. The summed E-state index contributed by atoms with van der Waals surface area (Å²) in [6, 6.07) is 10.6. The normalized spacial score (nSPS) is 27.8. The van der Waals surface area contributed by atoms with E-state index in [9.17, 15) is 9.59 Å². The van der Waals surface area contributed by atoms with Gasteiger partial charge < -0.3 is 15.5 Å². The van der Waals surface area contributed by atoms with Gasteiger partial charge >= 0.3 is 0 Å². The van der Waals surface area contributed by atoms with E-state index >= 15 is 0 Å². The van der Waals surface area contributed by atoms with Crippen LogP contribution < -0.4 is 5.73 Å². The highest BCUT2D eigenvalue weighted by Gasteiger charge is 2.50. The van der Waals surface area contributed by atoms with Crippen LogP contribution in [0.3, 0.4) is 0 Å². The van der Waals surface area contributed by atoms with Crippen LogP contribution >= 0.6 is 0 Å². The Morgan fingerprint density at radius 3 is 2.68 bits per heavy atom. The van der Waals surface area contributed by atoms with Gasteiger partial charge in [0.05, 0.1) is 5.54 Å². The topological polar surface area (TPSA) is 66.6 Å². The molecule has 25 heavy (non-hydrogen) atoms. The Morgan fingerprint density at radius 1 is 1.20 bits per heavy atom. The van der Waals surface area contributed by atoms with Crippen molar-refractivity contribution in [2.45, 2.75) is 50.1 Å². The van der Waals surface area contributed by atoms with Crippen LogP contribution in [-0.2, 0) is 16.0 Å². The van der Waals surface area contributed by atoms with Gasteiger partial charge in [0.25, 0.3) is 0 Å². The molecular weight excluding hydrogens is 314 g/mol. The number of carbonyl (C=O) groups excluding carboxylic acids is 2. The van der Waals surface area contributed by atoms with Gasteiger partial charge in [0.15, 0.2) is 0 Å². The summed E-state index contributed by atoms with van der Waals surface area (Å²) in [5.74, 6) is 0.793. The minimum Gasteiger partial charge on any atom is -0.341 e. The number of piperidine rings is 2. The van der Waals surface area contributed by atoms with Gasteiger partial charge in [-0.05, 0) is 43.6 Å². The van der Waals surface area contributed by atoms with Gasteiger partial charge in [-0.15, -0.1) is 0 Å². The molecular formula is C20H27N3O2. The number of hydrogen-bond donors (Lipinski definition) is 1. The maximum atomic E-state index is 12.5. The number of amides is 2. The number of carbonyl (C=O) groups is 2. The molecule has 134 valence electrons. The second-order valence-electron chi connectivity index (χ2n) is 7.88. The van der Waals surface area contributed by atoms with Crippen molar-refractivity contribution in [2.24, 2.45) is 11.7 Å². The molecule has 0 radical (unpaired) electrons. The van der Waals surface area contributed by atoms with E-state index in [4.69, 9.17) is 5.73 Å². The Labute approximate surface area is 149 Å². The fourth-order valence-electron chi connectivity index (χ4n) is 4.38. The SMILES string of the molecule is NC1(C(=O)N2CC[C@@H]3[C@@H](CCC(=O)N3CCc3ccccc3)C2)CC1. The molecule has 2 amide bonds. The first kappa shape index (κ1) is 16.6. The molecule has 0 bridgehead atoms. The predicted molar refractivity (Wildman–Crippen MR) is 95.7 cm³/mol. The Morgan fingerprint density at radius 2 is 1.96 bits per heavy atom. The van der Waals surface area contributed by atoms with Gasteiger partial charge in [0.1, 0.15) is 0 Å². The highest BCUT2D eigenvalue weighted by molar-refractivity contribution is 5.89. The number of nitrogens with zero attached hydrogens (tertiary/aromatic N) is 2. The number of fused-ring (bicyclic) bond motifs is 1. The van der Waals surface area contributed by atoms with Crippen molar-refractivity contribution in [3.8, 4) is 0 Å². The Bertz CT molecular complexity index is 656. The van der Waals surface area contributed by atoms with Gasteiger partial charge in [-0.2, -0.15) is 0 Å². The molecule has 4 rings (SSSR count). The number of rotatable bonds is 4. The molecule has 2 aliphatic heterocycles. The largest absolute Gasteiger partial charge is 0.341 e. The first-order valence-electron chi connectivity index (χ1n) is 9.48. The minimum absolute atomic E-state index is 0.124. The van der Waals surface area contributed by atoms with E-state index in [0.717, 1.165) is 51.7 Å². The second-order valence-corrected chi connectivity index (χ2v) is 7.88. The van der Waals surface area contributed by atoms with E-state index in [1.165, 1.54) is 5.56 Å². The van der Waals surface area contributed by atoms with Crippen LogP contribution in [0.25, 0.3) is 0 Å². The van der Waals surface area contributed by atoms with Crippen molar-refractivity contribution in [3.63, 3.8) is 0 Å². The summed E-state index contributed by atoms with van der Waals surface area (Å²) < 4.78 is 0. The van der Waals surface area contributed by atoms with Crippen LogP contribution in [-0.4, -0.2) is 52.8 Å². The lowest BCUT2D eigenvalue weighted by Gasteiger charge is -2.47. The average Bonchev–Trinajstić information content (AvgIpc) is 3.39. The van der Waals surface area contributed by atoms with E-state index < -0.39 is 5.54 Å². The van der Waals surface area contributed by atoms with Crippen molar-refractivity contribution >= 4 is 11.8 Å². The molecule has 3 fully saturated rings. The number of benzene rings is 1. The van der Waals surface area contributed by atoms with Gasteiger partial charge in [0, 0.05) is 32.1 Å². The van der Waals surface area contributed by atoms with Crippen LogP contribution in [0.2, 0.25) is 0 Å². The summed E-state index contributed by atoms with van der Waals surface area (Å²) in [7, 11) is 0. The highest BCUT2D eigenvalue weighted by Crippen LogP contribution is 2.37. The fraction of sp³-hybridized carbons (Fsp3) is 0.600. The lowest BCUT2D eigenvalue weighted by atomic mass is 9.83.